The second-order valence-electron chi connectivity index (χ2n) is 9.90. The number of hydrogen-bond donors (Lipinski definition) is 0. The van der Waals surface area contributed by atoms with E-state index in [-0.39, 0.29) is 17.0 Å². The minimum absolute atomic E-state index is 0.0446. The van der Waals surface area contributed by atoms with E-state index < -0.39 is 0 Å². The van der Waals surface area contributed by atoms with Crippen LogP contribution in [0.25, 0.3) is 20.5 Å². The number of carbonyl (C=O) groups is 1. The molecule has 0 amide bonds. The van der Waals surface area contributed by atoms with E-state index in [1.807, 2.05) is 18.2 Å². The van der Waals surface area contributed by atoms with E-state index >= 15 is 0 Å². The predicted octanol–water partition coefficient (Wildman–Crippen LogP) is 6.58. The Morgan fingerprint density at radius 2 is 1.97 bits per heavy atom. The van der Waals surface area contributed by atoms with Gasteiger partial charge < -0.3 is 9.47 Å². The molecule has 4 atom stereocenters. The van der Waals surface area contributed by atoms with Crippen LogP contribution in [0.4, 0.5) is 0 Å². The van der Waals surface area contributed by atoms with Crippen LogP contribution in [0.5, 0.6) is 5.75 Å². The summed E-state index contributed by atoms with van der Waals surface area (Å²) in [5.41, 5.74) is 3.44. The molecule has 1 aromatic heterocycles. The van der Waals surface area contributed by atoms with Gasteiger partial charge in [0.2, 0.25) is 0 Å². The highest BCUT2D eigenvalue weighted by molar-refractivity contribution is 7.22. The number of rotatable bonds is 2. The molecule has 2 aliphatic carbocycles. The zero-order valence-corrected chi connectivity index (χ0v) is 18.7. The molecule has 3 nitrogen and oxygen atoms in total. The molecule has 0 N–H and O–H groups in total. The summed E-state index contributed by atoms with van der Waals surface area (Å²) in [6.45, 7) is 7.25. The second kappa shape index (κ2) is 5.67. The Morgan fingerprint density at radius 3 is 2.77 bits per heavy atom. The lowest BCUT2D eigenvalue weighted by Gasteiger charge is -2.48. The zero-order valence-electron chi connectivity index (χ0n) is 17.9. The molecule has 0 saturated heterocycles. The second-order valence-corrected chi connectivity index (χ2v) is 11.0. The standard InChI is InChI=1S/C26H26O3S/c1-24-10-9-18(14-24)26(3)25(24,2)19-12-15(5-7-20(19)29-26)22-13-17-11-16(23(27)28-4)6-8-21(17)30-22/h5-8,11-13,18H,9-10,14H2,1-4H3. The molecular formula is C26H26O3S. The average molecular weight is 419 g/mol. The molecule has 4 heteroatoms. The number of carbonyl (C=O) groups excluding carboxylic acids is 1. The molecule has 3 aliphatic rings. The van der Waals surface area contributed by atoms with E-state index in [0.717, 1.165) is 11.1 Å². The van der Waals surface area contributed by atoms with Gasteiger partial charge in [-0.2, -0.15) is 0 Å². The Hall–Kier alpha value is -2.33. The highest BCUT2D eigenvalue weighted by atomic mass is 32.1. The number of hydrogen-bond acceptors (Lipinski definition) is 4. The molecule has 0 radical (unpaired) electrons. The van der Waals surface area contributed by atoms with E-state index in [0.29, 0.717) is 16.9 Å². The number of ether oxygens (including phenoxy) is 2. The Bertz CT molecular complexity index is 1230. The third kappa shape index (κ3) is 2.03. The molecule has 3 aromatic rings. The van der Waals surface area contributed by atoms with Crippen molar-refractivity contribution in [3.63, 3.8) is 0 Å². The van der Waals surface area contributed by atoms with Gasteiger partial charge in [-0.25, -0.2) is 4.79 Å². The van der Waals surface area contributed by atoms with Crippen molar-refractivity contribution < 1.29 is 14.3 Å². The predicted molar refractivity (Wildman–Crippen MR) is 120 cm³/mol. The molecule has 2 saturated carbocycles. The van der Waals surface area contributed by atoms with E-state index in [9.17, 15) is 4.79 Å². The largest absolute Gasteiger partial charge is 0.486 e. The number of benzene rings is 2. The average Bonchev–Trinajstić information content (AvgIpc) is 3.44. The van der Waals surface area contributed by atoms with Crippen LogP contribution in [0.2, 0.25) is 0 Å². The number of esters is 1. The fourth-order valence-electron chi connectivity index (χ4n) is 6.77. The van der Waals surface area contributed by atoms with Crippen LogP contribution in [0, 0.1) is 11.3 Å². The lowest BCUT2D eigenvalue weighted by atomic mass is 9.56. The molecule has 2 fully saturated rings. The summed E-state index contributed by atoms with van der Waals surface area (Å²) in [4.78, 5) is 13.1. The smallest absolute Gasteiger partial charge is 0.337 e. The summed E-state index contributed by atoms with van der Waals surface area (Å²) in [5, 5.41) is 1.08. The van der Waals surface area contributed by atoms with Crippen LogP contribution < -0.4 is 4.74 Å². The van der Waals surface area contributed by atoms with E-state index in [2.05, 4.69) is 45.0 Å². The minimum Gasteiger partial charge on any atom is -0.486 e. The minimum atomic E-state index is -0.295. The summed E-state index contributed by atoms with van der Waals surface area (Å²) in [7, 11) is 1.42. The van der Waals surface area contributed by atoms with E-state index in [4.69, 9.17) is 9.47 Å². The summed E-state index contributed by atoms with van der Waals surface area (Å²) in [5.74, 6) is 1.41. The summed E-state index contributed by atoms with van der Waals surface area (Å²) >= 11 is 1.77. The molecule has 2 heterocycles. The van der Waals surface area contributed by atoms with E-state index in [1.54, 1.807) is 11.3 Å². The summed E-state index contributed by atoms with van der Waals surface area (Å²) in [6, 6.07) is 14.7. The molecule has 154 valence electrons. The van der Waals surface area contributed by atoms with Crippen molar-refractivity contribution in [2.45, 2.75) is 51.0 Å². The maximum absolute atomic E-state index is 11.9. The van der Waals surface area contributed by atoms with Gasteiger partial charge in [-0.1, -0.05) is 13.8 Å². The molecule has 1 aliphatic heterocycles. The lowest BCUT2D eigenvalue weighted by molar-refractivity contribution is -0.0260. The monoisotopic (exact) mass is 418 g/mol. The Balaban J connectivity index is 1.46. The van der Waals surface area contributed by atoms with Crippen molar-refractivity contribution in [1.29, 1.82) is 0 Å². The normalized spacial score (nSPS) is 33.4. The van der Waals surface area contributed by atoms with Gasteiger partial charge in [0.15, 0.2) is 0 Å². The van der Waals surface area contributed by atoms with Crippen LogP contribution in [0.15, 0.2) is 42.5 Å². The van der Waals surface area contributed by atoms with Gasteiger partial charge in [0.25, 0.3) is 0 Å². The Morgan fingerprint density at radius 1 is 1.13 bits per heavy atom. The first-order chi connectivity index (χ1) is 14.3. The van der Waals surface area contributed by atoms with Crippen molar-refractivity contribution in [2.24, 2.45) is 11.3 Å². The van der Waals surface area contributed by atoms with Crippen LogP contribution in [-0.2, 0) is 10.2 Å². The third-order valence-electron chi connectivity index (χ3n) is 8.78. The van der Waals surface area contributed by atoms with Gasteiger partial charge in [0.1, 0.15) is 11.4 Å². The van der Waals surface area contributed by atoms with Gasteiger partial charge in [-0.3, -0.25) is 0 Å². The van der Waals surface area contributed by atoms with Crippen molar-refractivity contribution in [1.82, 2.24) is 0 Å². The van der Waals surface area contributed by atoms with Gasteiger partial charge in [0, 0.05) is 20.6 Å². The number of fused-ring (bicyclic) bond motifs is 8. The number of thiophene rings is 1. The highest BCUT2D eigenvalue weighted by Crippen LogP contribution is 2.73. The van der Waals surface area contributed by atoms with Crippen molar-refractivity contribution >= 4 is 27.4 Å². The SMILES string of the molecule is COC(=O)c1ccc2sc(-c3ccc4c(c3)C3(C)C5(C)CCC(C5)C3(C)O4)cc2c1. The molecule has 0 spiro atoms. The molecular weight excluding hydrogens is 392 g/mol. The van der Waals surface area contributed by atoms with Crippen LogP contribution in [0.3, 0.4) is 0 Å². The van der Waals surface area contributed by atoms with Gasteiger partial charge >= 0.3 is 5.97 Å². The highest BCUT2D eigenvalue weighted by Gasteiger charge is 2.73. The Labute approximate surface area is 181 Å². The Kier molecular flexibility index (Phi) is 3.49. The van der Waals surface area contributed by atoms with Crippen molar-refractivity contribution in [2.75, 3.05) is 7.11 Å². The third-order valence-corrected chi connectivity index (χ3v) is 9.95. The van der Waals surface area contributed by atoms with Crippen molar-refractivity contribution in [3.05, 3.63) is 53.6 Å². The first-order valence-electron chi connectivity index (χ1n) is 10.7. The molecule has 2 bridgehead atoms. The fraction of sp³-hybridized carbons (Fsp3) is 0.423. The maximum atomic E-state index is 11.9. The number of methoxy groups -OCH3 is 1. The van der Waals surface area contributed by atoms with Crippen LogP contribution in [0.1, 0.15) is 56.0 Å². The van der Waals surface area contributed by atoms with Gasteiger partial charge in [0.05, 0.1) is 12.7 Å². The van der Waals surface area contributed by atoms with Crippen LogP contribution in [-0.4, -0.2) is 18.7 Å². The topological polar surface area (TPSA) is 35.5 Å². The van der Waals surface area contributed by atoms with Crippen molar-refractivity contribution in [3.8, 4) is 16.2 Å². The first-order valence-corrected chi connectivity index (χ1v) is 11.6. The zero-order chi connectivity index (χ0) is 20.9. The molecule has 2 aromatic carbocycles. The molecule has 30 heavy (non-hydrogen) atoms. The maximum Gasteiger partial charge on any atom is 0.337 e. The van der Waals surface area contributed by atoms with Gasteiger partial charge in [-0.15, -0.1) is 11.3 Å². The lowest BCUT2D eigenvalue weighted by Crippen LogP contribution is -2.54. The van der Waals surface area contributed by atoms with E-state index in [1.165, 1.54) is 47.1 Å². The molecule has 4 unspecified atom stereocenters. The molecule has 6 rings (SSSR count). The summed E-state index contributed by atoms with van der Waals surface area (Å²) < 4.78 is 12.7. The van der Waals surface area contributed by atoms with Crippen LogP contribution >= 0.6 is 11.3 Å². The summed E-state index contributed by atoms with van der Waals surface area (Å²) in [6.07, 6.45) is 3.83. The first kappa shape index (κ1) is 18.4. The van der Waals surface area contributed by atoms with Gasteiger partial charge in [-0.05, 0) is 90.9 Å². The fourth-order valence-corrected chi connectivity index (χ4v) is 7.81. The quantitative estimate of drug-likeness (QED) is 0.441.